The quantitative estimate of drug-likeness (QED) is 0.140. The average molecular weight is 385 g/mol. The Morgan fingerprint density at radius 2 is 1.11 bits per heavy atom. The van der Waals surface area contributed by atoms with Gasteiger partial charge in [0.2, 0.25) is 0 Å². The number of rotatable bonds is 19. The second kappa shape index (κ2) is 19.7. The zero-order valence-corrected chi connectivity index (χ0v) is 18.2. The van der Waals surface area contributed by atoms with E-state index in [2.05, 4.69) is 6.92 Å². The first-order valence-electron chi connectivity index (χ1n) is 11.4. The minimum Gasteiger partial charge on any atom is -0.465 e. The Balaban J connectivity index is 3.26. The van der Waals surface area contributed by atoms with Crippen LogP contribution < -0.4 is 0 Å². The van der Waals surface area contributed by atoms with Crippen LogP contribution in [0.3, 0.4) is 0 Å². The lowest BCUT2D eigenvalue weighted by atomic mass is 10.0. The largest absolute Gasteiger partial charge is 0.465 e. The van der Waals surface area contributed by atoms with Gasteiger partial charge in [0.15, 0.2) is 0 Å². The van der Waals surface area contributed by atoms with E-state index < -0.39 is 11.9 Å². The van der Waals surface area contributed by atoms with Crippen LogP contribution in [0.4, 0.5) is 0 Å². The molecule has 0 aromatic heterocycles. The third kappa shape index (κ3) is 19.5. The van der Waals surface area contributed by atoms with Gasteiger partial charge in [-0.1, -0.05) is 97.3 Å². The predicted octanol–water partition coefficient (Wildman–Crippen LogP) is 6.74. The highest BCUT2D eigenvalue weighted by Gasteiger charge is 2.14. The van der Waals surface area contributed by atoms with E-state index in [1.807, 2.05) is 13.8 Å². The molecule has 0 aliphatic rings. The fourth-order valence-electron chi connectivity index (χ4n) is 3.00. The number of carbonyl (C=O) groups excluding carboxylic acids is 2. The number of esters is 2. The summed E-state index contributed by atoms with van der Waals surface area (Å²) in [5, 5.41) is 0. The van der Waals surface area contributed by atoms with Gasteiger partial charge in [0.1, 0.15) is 6.42 Å². The smallest absolute Gasteiger partial charge is 0.317 e. The fourth-order valence-corrected chi connectivity index (χ4v) is 3.00. The van der Waals surface area contributed by atoms with Gasteiger partial charge in [-0.15, -0.1) is 0 Å². The molecule has 0 radical (unpaired) electrons. The fraction of sp³-hybridized carbons (Fsp3) is 0.913. The Morgan fingerprint density at radius 1 is 0.667 bits per heavy atom. The van der Waals surface area contributed by atoms with E-state index in [0.717, 1.165) is 19.3 Å². The van der Waals surface area contributed by atoms with Gasteiger partial charge < -0.3 is 9.47 Å². The molecule has 0 aromatic rings. The van der Waals surface area contributed by atoms with Crippen molar-refractivity contribution in [2.45, 2.75) is 130 Å². The van der Waals surface area contributed by atoms with Gasteiger partial charge in [0.05, 0.1) is 12.7 Å². The standard InChI is InChI=1S/C23H44O4/c1-4-6-7-8-9-10-11-12-13-14-15-16-17-18-19-26-22(24)20-23(25)27-21(3)5-2/h21H,4-20H2,1-3H3. The van der Waals surface area contributed by atoms with Crippen LogP contribution in [0.1, 0.15) is 124 Å². The molecule has 0 bridgehead atoms. The van der Waals surface area contributed by atoms with Crippen molar-refractivity contribution >= 4 is 11.9 Å². The summed E-state index contributed by atoms with van der Waals surface area (Å²) in [7, 11) is 0. The highest BCUT2D eigenvalue weighted by Crippen LogP contribution is 2.13. The molecule has 0 fully saturated rings. The molecule has 0 rings (SSSR count). The van der Waals surface area contributed by atoms with Gasteiger partial charge >= 0.3 is 11.9 Å². The van der Waals surface area contributed by atoms with Gasteiger partial charge in [-0.25, -0.2) is 0 Å². The Kier molecular flexibility index (Phi) is 18.9. The Morgan fingerprint density at radius 3 is 1.56 bits per heavy atom. The predicted molar refractivity (Wildman–Crippen MR) is 112 cm³/mol. The third-order valence-corrected chi connectivity index (χ3v) is 4.96. The Bertz CT molecular complexity index is 354. The van der Waals surface area contributed by atoms with E-state index >= 15 is 0 Å². The van der Waals surface area contributed by atoms with Gasteiger partial charge in [0, 0.05) is 0 Å². The molecule has 0 heterocycles. The lowest BCUT2D eigenvalue weighted by Crippen LogP contribution is -2.18. The van der Waals surface area contributed by atoms with Gasteiger partial charge in [0.25, 0.3) is 0 Å². The molecular weight excluding hydrogens is 340 g/mol. The minimum absolute atomic E-state index is 0.143. The molecule has 27 heavy (non-hydrogen) atoms. The van der Waals surface area contributed by atoms with Gasteiger partial charge in [-0.05, 0) is 19.8 Å². The summed E-state index contributed by atoms with van der Waals surface area (Å²) in [6.07, 6.45) is 18.6. The summed E-state index contributed by atoms with van der Waals surface area (Å²) >= 11 is 0. The van der Waals surface area contributed by atoms with Crippen molar-refractivity contribution in [1.82, 2.24) is 0 Å². The molecule has 4 nitrogen and oxygen atoms in total. The summed E-state index contributed by atoms with van der Waals surface area (Å²) in [5.74, 6) is -0.965. The molecule has 0 amide bonds. The van der Waals surface area contributed by atoms with E-state index in [9.17, 15) is 9.59 Å². The van der Waals surface area contributed by atoms with Crippen molar-refractivity contribution in [1.29, 1.82) is 0 Å². The van der Waals surface area contributed by atoms with Gasteiger partial charge in [-0.3, -0.25) is 9.59 Å². The maximum absolute atomic E-state index is 11.5. The van der Waals surface area contributed by atoms with Crippen LogP contribution >= 0.6 is 0 Å². The highest BCUT2D eigenvalue weighted by atomic mass is 16.6. The van der Waals surface area contributed by atoms with Crippen LogP contribution in [0.25, 0.3) is 0 Å². The van der Waals surface area contributed by atoms with Crippen LogP contribution in [-0.2, 0) is 19.1 Å². The first-order valence-corrected chi connectivity index (χ1v) is 11.4. The molecule has 160 valence electrons. The number of hydrogen-bond donors (Lipinski definition) is 0. The van der Waals surface area contributed by atoms with Crippen LogP contribution in [-0.4, -0.2) is 24.6 Å². The van der Waals surface area contributed by atoms with E-state index in [0.29, 0.717) is 6.61 Å². The zero-order chi connectivity index (χ0) is 20.2. The highest BCUT2D eigenvalue weighted by molar-refractivity contribution is 5.91. The number of ether oxygens (including phenoxy) is 2. The van der Waals surface area contributed by atoms with Crippen molar-refractivity contribution in [2.75, 3.05) is 6.61 Å². The number of hydrogen-bond acceptors (Lipinski definition) is 4. The van der Waals surface area contributed by atoms with Crippen LogP contribution in [0.5, 0.6) is 0 Å². The second-order valence-corrected chi connectivity index (χ2v) is 7.70. The summed E-state index contributed by atoms with van der Waals surface area (Å²) < 4.78 is 10.2. The minimum atomic E-state index is -0.490. The molecular formula is C23H44O4. The van der Waals surface area contributed by atoms with E-state index in [1.165, 1.54) is 77.0 Å². The molecule has 0 aliphatic carbocycles. The second-order valence-electron chi connectivity index (χ2n) is 7.70. The van der Waals surface area contributed by atoms with Crippen LogP contribution in [0.15, 0.2) is 0 Å². The van der Waals surface area contributed by atoms with Gasteiger partial charge in [-0.2, -0.15) is 0 Å². The lowest BCUT2D eigenvalue weighted by Gasteiger charge is -2.10. The monoisotopic (exact) mass is 384 g/mol. The molecule has 0 aromatic carbocycles. The van der Waals surface area contributed by atoms with Crippen molar-refractivity contribution in [3.63, 3.8) is 0 Å². The van der Waals surface area contributed by atoms with Crippen molar-refractivity contribution < 1.29 is 19.1 Å². The Hall–Kier alpha value is -1.06. The Labute approximate surface area is 167 Å². The zero-order valence-electron chi connectivity index (χ0n) is 18.2. The molecule has 0 saturated heterocycles. The lowest BCUT2D eigenvalue weighted by molar-refractivity contribution is -0.157. The van der Waals surface area contributed by atoms with E-state index in [4.69, 9.17) is 9.47 Å². The summed E-state index contributed by atoms with van der Waals surface area (Å²) in [5.41, 5.74) is 0. The normalized spacial score (nSPS) is 12.0. The van der Waals surface area contributed by atoms with E-state index in [1.54, 1.807) is 0 Å². The molecule has 0 saturated carbocycles. The SMILES string of the molecule is CCCCCCCCCCCCCCCCOC(=O)CC(=O)OC(C)CC. The number of unbranched alkanes of at least 4 members (excludes halogenated alkanes) is 13. The molecule has 0 spiro atoms. The first-order chi connectivity index (χ1) is 13.1. The summed E-state index contributed by atoms with van der Waals surface area (Å²) in [4.78, 5) is 23.0. The average Bonchev–Trinajstić information content (AvgIpc) is 2.64. The maximum Gasteiger partial charge on any atom is 0.317 e. The number of carbonyl (C=O) groups is 2. The van der Waals surface area contributed by atoms with Crippen LogP contribution in [0, 0.1) is 0 Å². The van der Waals surface area contributed by atoms with E-state index in [-0.39, 0.29) is 12.5 Å². The van der Waals surface area contributed by atoms with Crippen LogP contribution in [0.2, 0.25) is 0 Å². The summed E-state index contributed by atoms with van der Waals surface area (Å²) in [6, 6.07) is 0. The summed E-state index contributed by atoms with van der Waals surface area (Å²) in [6.45, 7) is 6.43. The van der Waals surface area contributed by atoms with Crippen molar-refractivity contribution in [2.24, 2.45) is 0 Å². The molecule has 0 N–H and O–H groups in total. The molecule has 1 unspecified atom stereocenters. The molecule has 4 heteroatoms. The maximum atomic E-state index is 11.5. The first kappa shape index (κ1) is 25.9. The van der Waals surface area contributed by atoms with Crippen molar-refractivity contribution in [3.05, 3.63) is 0 Å². The molecule has 1 atom stereocenters. The van der Waals surface area contributed by atoms with Crippen molar-refractivity contribution in [3.8, 4) is 0 Å². The molecule has 0 aliphatic heterocycles. The third-order valence-electron chi connectivity index (χ3n) is 4.96. The topological polar surface area (TPSA) is 52.6 Å².